The number of benzene rings is 3. The predicted octanol–water partition coefficient (Wildman–Crippen LogP) is 5.09. The summed E-state index contributed by atoms with van der Waals surface area (Å²) in [5.41, 5.74) is 1.45. The first-order chi connectivity index (χ1) is 19.5. The number of amides is 3. The van der Waals surface area contributed by atoms with Crippen LogP contribution >= 0.6 is 0 Å². The fourth-order valence-corrected chi connectivity index (χ4v) is 7.04. The molecule has 8 rings (SSSR count). The Hall–Kier alpha value is -4.39. The van der Waals surface area contributed by atoms with Crippen molar-refractivity contribution < 1.29 is 23.9 Å². The van der Waals surface area contributed by atoms with Crippen molar-refractivity contribution in [3.63, 3.8) is 0 Å². The molecule has 7 nitrogen and oxygen atoms in total. The van der Waals surface area contributed by atoms with Gasteiger partial charge in [-0.1, -0.05) is 42.5 Å². The average Bonchev–Trinajstić information content (AvgIpc) is 3.77. The molecule has 5 aliphatic rings. The molecule has 2 saturated carbocycles. The number of nitrogens with one attached hydrogen (secondary N) is 1. The Bertz CT molecular complexity index is 1450. The van der Waals surface area contributed by atoms with Gasteiger partial charge in [0.05, 0.1) is 18.9 Å². The fraction of sp³-hybridized carbons (Fsp3) is 0.303. The van der Waals surface area contributed by atoms with Gasteiger partial charge in [0, 0.05) is 12.1 Å². The smallest absolute Gasteiger partial charge is 0.248 e. The number of carbonyl (C=O) groups excluding carboxylic acids is 3. The second-order valence-electron chi connectivity index (χ2n) is 11.2. The normalized spacial score (nSPS) is 28.1. The van der Waals surface area contributed by atoms with Gasteiger partial charge >= 0.3 is 0 Å². The monoisotopic (exact) mass is 534 g/mol. The Morgan fingerprint density at radius 1 is 0.825 bits per heavy atom. The van der Waals surface area contributed by atoms with Gasteiger partial charge in [-0.05, 0) is 84.2 Å². The first kappa shape index (κ1) is 24.6. The Morgan fingerprint density at radius 2 is 1.38 bits per heavy atom. The molecule has 1 heterocycles. The lowest BCUT2D eigenvalue weighted by Gasteiger charge is -2.37. The molecule has 3 amide bonds. The highest BCUT2D eigenvalue weighted by Gasteiger charge is 2.67. The Kier molecular flexibility index (Phi) is 5.95. The third kappa shape index (κ3) is 4.17. The molecule has 1 saturated heterocycles. The first-order valence-electron chi connectivity index (χ1n) is 13.8. The predicted molar refractivity (Wildman–Crippen MR) is 149 cm³/mol. The molecule has 1 N–H and O–H groups in total. The van der Waals surface area contributed by atoms with Crippen molar-refractivity contribution in [2.45, 2.75) is 18.9 Å². The van der Waals surface area contributed by atoms with E-state index in [1.165, 1.54) is 4.90 Å². The molecule has 7 heteroatoms. The first-order valence-corrected chi connectivity index (χ1v) is 13.8. The van der Waals surface area contributed by atoms with E-state index in [9.17, 15) is 14.4 Å². The van der Waals surface area contributed by atoms with Crippen LogP contribution in [0.3, 0.4) is 0 Å². The van der Waals surface area contributed by atoms with Crippen molar-refractivity contribution >= 4 is 23.4 Å². The van der Waals surface area contributed by atoms with Gasteiger partial charge in [0.2, 0.25) is 17.7 Å². The molecule has 3 aromatic rings. The standard InChI is InChI=1S/C33H30N2O5/c1-39-21-11-13-23(14-12-21)40-22-9-7-20(8-10-22)34-31(36)28(17-19-5-3-2-4-6-19)35-32(37)29-24-15-16-25(27-18-26(24)27)30(29)33(35)38/h2-16,24-30H,17-18H2,1H3,(H,34,36)/t24-,25-,26-,27-,28+,29-,30+/m1/s1. The summed E-state index contributed by atoms with van der Waals surface area (Å²) in [6.45, 7) is 0. The summed E-state index contributed by atoms with van der Waals surface area (Å²) in [5, 5.41) is 2.95. The Balaban J connectivity index is 1.11. The second-order valence-corrected chi connectivity index (χ2v) is 11.2. The van der Waals surface area contributed by atoms with Crippen LogP contribution in [0.2, 0.25) is 0 Å². The summed E-state index contributed by atoms with van der Waals surface area (Å²) >= 11 is 0. The lowest BCUT2D eigenvalue weighted by molar-refractivity contribution is -0.146. The lowest BCUT2D eigenvalue weighted by atomic mass is 9.63. The van der Waals surface area contributed by atoms with Gasteiger partial charge in [0.25, 0.3) is 0 Å². The lowest BCUT2D eigenvalue weighted by Crippen LogP contribution is -2.49. The maximum absolute atomic E-state index is 13.8. The highest BCUT2D eigenvalue weighted by molar-refractivity contribution is 6.10. The van der Waals surface area contributed by atoms with Gasteiger partial charge in [-0.3, -0.25) is 19.3 Å². The van der Waals surface area contributed by atoms with E-state index in [0.29, 0.717) is 29.0 Å². The SMILES string of the molecule is COc1ccc(Oc2ccc(NC(=O)[C@H](Cc3ccccc3)N3C(=O)[C@@H]4[C@@H]5C=C[C@H]([C@H]6C[C@H]56)[C@@H]4C3=O)cc2)cc1. The van der Waals surface area contributed by atoms with Crippen LogP contribution in [0.1, 0.15) is 12.0 Å². The molecule has 202 valence electrons. The molecule has 0 radical (unpaired) electrons. The number of nitrogens with zero attached hydrogens (tertiary/aromatic N) is 1. The zero-order valence-corrected chi connectivity index (χ0v) is 22.1. The van der Waals surface area contributed by atoms with Crippen molar-refractivity contribution in [2.75, 3.05) is 12.4 Å². The molecule has 0 spiro atoms. The van der Waals surface area contributed by atoms with Crippen molar-refractivity contribution in [2.24, 2.45) is 35.5 Å². The molecule has 40 heavy (non-hydrogen) atoms. The number of imide groups is 1. The van der Waals surface area contributed by atoms with Gasteiger partial charge in [-0.2, -0.15) is 0 Å². The van der Waals surface area contributed by atoms with Crippen molar-refractivity contribution in [3.05, 3.63) is 96.6 Å². The zero-order chi connectivity index (χ0) is 27.4. The minimum absolute atomic E-state index is 0.111. The van der Waals surface area contributed by atoms with Crippen LogP contribution < -0.4 is 14.8 Å². The molecule has 7 atom stereocenters. The van der Waals surface area contributed by atoms with Crippen molar-refractivity contribution in [1.82, 2.24) is 4.90 Å². The van der Waals surface area contributed by atoms with Crippen LogP contribution in [0, 0.1) is 35.5 Å². The molecule has 1 aliphatic heterocycles. The van der Waals surface area contributed by atoms with Gasteiger partial charge in [0.1, 0.15) is 23.3 Å². The van der Waals surface area contributed by atoms with Crippen LogP contribution in [0.5, 0.6) is 17.2 Å². The number of ether oxygens (including phenoxy) is 2. The molecular weight excluding hydrogens is 504 g/mol. The number of carbonyl (C=O) groups is 3. The summed E-state index contributed by atoms with van der Waals surface area (Å²) in [7, 11) is 1.61. The van der Waals surface area contributed by atoms with Gasteiger partial charge in [0.15, 0.2) is 0 Å². The number of anilines is 1. The highest BCUT2D eigenvalue weighted by Crippen LogP contribution is 2.65. The number of likely N-dealkylation sites (tertiary alicyclic amines) is 1. The van der Waals surface area contributed by atoms with E-state index in [1.54, 1.807) is 31.4 Å². The maximum atomic E-state index is 13.8. The van der Waals surface area contributed by atoms with Crippen LogP contribution in [-0.2, 0) is 20.8 Å². The third-order valence-electron chi connectivity index (χ3n) is 9.00. The average molecular weight is 535 g/mol. The second kappa shape index (κ2) is 9.66. The molecule has 0 aromatic heterocycles. The highest BCUT2D eigenvalue weighted by atomic mass is 16.5. The number of rotatable bonds is 8. The molecule has 3 aromatic carbocycles. The molecule has 3 fully saturated rings. The van der Waals surface area contributed by atoms with E-state index in [2.05, 4.69) is 17.5 Å². The van der Waals surface area contributed by atoms with E-state index in [1.807, 2.05) is 54.6 Å². The summed E-state index contributed by atoms with van der Waals surface area (Å²) in [6, 6.07) is 22.9. The topological polar surface area (TPSA) is 84.9 Å². The number of hydrogen-bond acceptors (Lipinski definition) is 5. The quantitative estimate of drug-likeness (QED) is 0.322. The molecule has 4 aliphatic carbocycles. The molecular formula is C33H30N2O5. The van der Waals surface area contributed by atoms with Crippen molar-refractivity contribution in [3.8, 4) is 17.2 Å². The number of methoxy groups -OCH3 is 1. The zero-order valence-electron chi connectivity index (χ0n) is 22.1. The van der Waals surface area contributed by atoms with E-state index < -0.39 is 6.04 Å². The van der Waals surface area contributed by atoms with E-state index in [4.69, 9.17) is 9.47 Å². The van der Waals surface area contributed by atoms with Crippen LogP contribution in [-0.4, -0.2) is 35.8 Å². The fourth-order valence-electron chi connectivity index (χ4n) is 7.04. The van der Waals surface area contributed by atoms with Gasteiger partial charge in [-0.25, -0.2) is 0 Å². The summed E-state index contributed by atoms with van der Waals surface area (Å²) < 4.78 is 11.1. The van der Waals surface area contributed by atoms with Crippen LogP contribution in [0.15, 0.2) is 91.0 Å². The minimum Gasteiger partial charge on any atom is -0.497 e. The summed E-state index contributed by atoms with van der Waals surface area (Å²) in [4.78, 5) is 42.7. The number of hydrogen-bond donors (Lipinski definition) is 1. The van der Waals surface area contributed by atoms with Crippen molar-refractivity contribution in [1.29, 1.82) is 0 Å². The van der Waals surface area contributed by atoms with Gasteiger partial charge < -0.3 is 14.8 Å². The molecule has 0 unspecified atom stereocenters. The third-order valence-corrected chi connectivity index (χ3v) is 9.00. The minimum atomic E-state index is -0.932. The van der Waals surface area contributed by atoms with Crippen LogP contribution in [0.4, 0.5) is 5.69 Å². The van der Waals surface area contributed by atoms with E-state index in [-0.39, 0.29) is 47.8 Å². The Morgan fingerprint density at radius 3 is 1.95 bits per heavy atom. The summed E-state index contributed by atoms with van der Waals surface area (Å²) in [5.74, 6) is 1.80. The summed E-state index contributed by atoms with van der Waals surface area (Å²) in [6.07, 6.45) is 5.66. The molecule has 2 bridgehead atoms. The number of allylic oxidation sites excluding steroid dienone is 2. The van der Waals surface area contributed by atoms with Crippen LogP contribution in [0.25, 0.3) is 0 Å². The Labute approximate surface area is 232 Å². The van der Waals surface area contributed by atoms with E-state index >= 15 is 0 Å². The van der Waals surface area contributed by atoms with E-state index in [0.717, 1.165) is 17.7 Å². The van der Waals surface area contributed by atoms with Gasteiger partial charge in [-0.15, -0.1) is 0 Å². The largest absolute Gasteiger partial charge is 0.497 e. The maximum Gasteiger partial charge on any atom is 0.248 e.